The van der Waals surface area contributed by atoms with Crippen LogP contribution in [0.1, 0.15) is 0 Å². The summed E-state index contributed by atoms with van der Waals surface area (Å²) < 4.78 is 13.4. The Balaban J connectivity index is 3.09. The second-order valence-electron chi connectivity index (χ2n) is 2.34. The van der Waals surface area contributed by atoms with Crippen LogP contribution >= 0.6 is 15.9 Å². The molecule has 0 aliphatic heterocycles. The van der Waals surface area contributed by atoms with E-state index in [0.717, 1.165) is 0 Å². The third-order valence-corrected chi connectivity index (χ3v) is 1.72. The van der Waals surface area contributed by atoms with Crippen molar-refractivity contribution in [3.8, 4) is 0 Å². The van der Waals surface area contributed by atoms with Gasteiger partial charge >= 0.3 is 0 Å². The van der Waals surface area contributed by atoms with Crippen LogP contribution in [0.4, 0.5) is 10.1 Å². The Labute approximate surface area is 73.2 Å². The van der Waals surface area contributed by atoms with E-state index in [1.54, 1.807) is 31.1 Å². The van der Waals surface area contributed by atoms with E-state index in [4.69, 9.17) is 0 Å². The van der Waals surface area contributed by atoms with Crippen LogP contribution in [0.3, 0.4) is 0 Å². The number of nitrogens with zero attached hydrogens (tertiary/aromatic N) is 2. The fourth-order valence-corrected chi connectivity index (χ4v) is 1.03. The lowest BCUT2D eigenvalue weighted by molar-refractivity contribution is 0.580. The molecule has 1 aromatic rings. The molecule has 0 bridgehead atoms. The molecule has 0 saturated carbocycles. The van der Waals surface area contributed by atoms with Gasteiger partial charge in [-0.05, 0) is 28.1 Å². The number of hydrogen-bond donors (Lipinski definition) is 0. The van der Waals surface area contributed by atoms with E-state index in [0.29, 0.717) is 10.3 Å². The third-order valence-electron chi connectivity index (χ3n) is 1.28. The average molecular weight is 219 g/mol. The Morgan fingerprint density at radius 3 is 2.55 bits per heavy atom. The van der Waals surface area contributed by atoms with Crippen molar-refractivity contribution < 1.29 is 4.39 Å². The van der Waals surface area contributed by atoms with Crippen molar-refractivity contribution in [1.29, 1.82) is 0 Å². The van der Waals surface area contributed by atoms with Crippen LogP contribution in [0, 0.1) is 5.95 Å². The Morgan fingerprint density at radius 1 is 1.45 bits per heavy atom. The van der Waals surface area contributed by atoms with E-state index in [1.807, 2.05) is 0 Å². The fraction of sp³-hybridized carbons (Fsp3) is 0.286. The molecule has 0 aromatic carbocycles. The van der Waals surface area contributed by atoms with E-state index in [2.05, 4.69) is 20.9 Å². The summed E-state index contributed by atoms with van der Waals surface area (Å²) in [5.41, 5.74) is 0.494. The van der Waals surface area contributed by atoms with E-state index >= 15 is 0 Å². The molecule has 60 valence electrons. The van der Waals surface area contributed by atoms with Crippen molar-refractivity contribution in [1.82, 2.24) is 4.98 Å². The van der Waals surface area contributed by atoms with E-state index in [-0.39, 0.29) is 0 Å². The molecule has 0 unspecified atom stereocenters. The Kier molecular flexibility index (Phi) is 2.44. The molecule has 2 nitrogen and oxygen atoms in total. The molecule has 1 aromatic heterocycles. The standard InChI is InChI=1S/C7H8BrFN2/c1-11(2)5-3-4-6(8)10-7(5)9/h3-4H,1-2H3. The molecule has 0 saturated heterocycles. The highest BCUT2D eigenvalue weighted by molar-refractivity contribution is 9.10. The van der Waals surface area contributed by atoms with Crippen LogP contribution in [0.15, 0.2) is 16.7 Å². The SMILES string of the molecule is CN(C)c1ccc(Br)nc1F. The monoisotopic (exact) mass is 218 g/mol. The topological polar surface area (TPSA) is 16.1 Å². The number of pyridine rings is 1. The highest BCUT2D eigenvalue weighted by atomic mass is 79.9. The zero-order valence-corrected chi connectivity index (χ0v) is 7.89. The van der Waals surface area contributed by atoms with Gasteiger partial charge in [-0.25, -0.2) is 4.98 Å². The van der Waals surface area contributed by atoms with Gasteiger partial charge in [0.15, 0.2) is 0 Å². The second-order valence-corrected chi connectivity index (χ2v) is 3.15. The predicted molar refractivity (Wildman–Crippen MR) is 46.2 cm³/mol. The predicted octanol–water partition coefficient (Wildman–Crippen LogP) is 2.05. The zero-order chi connectivity index (χ0) is 8.43. The average Bonchev–Trinajstić information content (AvgIpc) is 1.85. The Hall–Kier alpha value is -0.640. The van der Waals surface area contributed by atoms with Gasteiger partial charge < -0.3 is 4.90 Å². The molecule has 0 atom stereocenters. The number of aromatic nitrogens is 1. The molecule has 11 heavy (non-hydrogen) atoms. The summed E-state index contributed by atoms with van der Waals surface area (Å²) >= 11 is 3.08. The maximum Gasteiger partial charge on any atom is 0.237 e. The maximum atomic E-state index is 12.9. The van der Waals surface area contributed by atoms with E-state index in [9.17, 15) is 4.39 Å². The lowest BCUT2D eigenvalue weighted by atomic mass is 10.4. The summed E-state index contributed by atoms with van der Waals surface area (Å²) in [6.07, 6.45) is 0. The van der Waals surface area contributed by atoms with Gasteiger partial charge in [0.1, 0.15) is 4.60 Å². The van der Waals surface area contributed by atoms with Crippen LogP contribution < -0.4 is 4.90 Å². The molecule has 0 fully saturated rings. The molecule has 1 heterocycles. The summed E-state index contributed by atoms with van der Waals surface area (Å²) in [4.78, 5) is 5.28. The molecule has 0 aliphatic rings. The van der Waals surface area contributed by atoms with Crippen LogP contribution in [0.25, 0.3) is 0 Å². The summed E-state index contributed by atoms with van der Waals surface area (Å²) in [6.45, 7) is 0. The van der Waals surface area contributed by atoms with Crippen LogP contribution in [0.5, 0.6) is 0 Å². The van der Waals surface area contributed by atoms with Gasteiger partial charge in [-0.2, -0.15) is 4.39 Å². The van der Waals surface area contributed by atoms with Crippen LogP contribution in [-0.2, 0) is 0 Å². The van der Waals surface area contributed by atoms with Gasteiger partial charge in [-0.15, -0.1) is 0 Å². The highest BCUT2D eigenvalue weighted by Crippen LogP contribution is 2.17. The van der Waals surface area contributed by atoms with E-state index < -0.39 is 5.95 Å². The zero-order valence-electron chi connectivity index (χ0n) is 6.31. The smallest absolute Gasteiger partial charge is 0.237 e. The number of rotatable bonds is 1. The van der Waals surface area contributed by atoms with Gasteiger partial charge in [0.2, 0.25) is 5.95 Å². The number of halogens is 2. The molecule has 0 aliphatic carbocycles. The van der Waals surface area contributed by atoms with Gasteiger partial charge in [0.25, 0.3) is 0 Å². The minimum absolute atomic E-state index is 0.454. The second kappa shape index (κ2) is 3.17. The van der Waals surface area contributed by atoms with Crippen molar-refractivity contribution in [2.45, 2.75) is 0 Å². The van der Waals surface area contributed by atoms with Gasteiger partial charge in [-0.1, -0.05) is 0 Å². The van der Waals surface area contributed by atoms with Crippen molar-refractivity contribution in [3.63, 3.8) is 0 Å². The highest BCUT2D eigenvalue weighted by Gasteiger charge is 2.04. The third kappa shape index (κ3) is 1.89. The van der Waals surface area contributed by atoms with Crippen LogP contribution in [-0.4, -0.2) is 19.1 Å². The first kappa shape index (κ1) is 8.46. The Morgan fingerprint density at radius 2 is 2.09 bits per heavy atom. The molecule has 0 radical (unpaired) electrons. The van der Waals surface area contributed by atoms with Gasteiger partial charge in [0.05, 0.1) is 5.69 Å². The molecular formula is C7H8BrFN2. The molecule has 0 N–H and O–H groups in total. The summed E-state index contributed by atoms with van der Waals surface area (Å²) in [6, 6.07) is 3.38. The largest absolute Gasteiger partial charge is 0.374 e. The molecule has 4 heteroatoms. The summed E-state index contributed by atoms with van der Waals surface area (Å²) in [5.74, 6) is -0.454. The number of anilines is 1. The first-order chi connectivity index (χ1) is 5.11. The molecule has 0 spiro atoms. The quantitative estimate of drug-likeness (QED) is 0.672. The molecule has 0 amide bonds. The van der Waals surface area contributed by atoms with Crippen LogP contribution in [0.2, 0.25) is 0 Å². The number of hydrogen-bond acceptors (Lipinski definition) is 2. The first-order valence-electron chi connectivity index (χ1n) is 3.10. The first-order valence-corrected chi connectivity index (χ1v) is 3.90. The van der Waals surface area contributed by atoms with Crippen molar-refractivity contribution >= 4 is 21.6 Å². The van der Waals surface area contributed by atoms with Crippen molar-refractivity contribution in [2.24, 2.45) is 0 Å². The van der Waals surface area contributed by atoms with Gasteiger partial charge in [0, 0.05) is 14.1 Å². The fourth-order valence-electron chi connectivity index (χ4n) is 0.738. The molecular weight excluding hydrogens is 211 g/mol. The maximum absolute atomic E-state index is 12.9. The Bertz CT molecular complexity index is 263. The van der Waals surface area contributed by atoms with E-state index in [1.165, 1.54) is 0 Å². The van der Waals surface area contributed by atoms with Gasteiger partial charge in [-0.3, -0.25) is 0 Å². The minimum atomic E-state index is -0.454. The lowest BCUT2D eigenvalue weighted by Crippen LogP contribution is -2.11. The summed E-state index contributed by atoms with van der Waals surface area (Å²) in [5, 5.41) is 0. The molecule has 1 rings (SSSR count). The van der Waals surface area contributed by atoms with Crippen molar-refractivity contribution in [3.05, 3.63) is 22.7 Å². The summed E-state index contributed by atoms with van der Waals surface area (Å²) in [7, 11) is 3.54. The van der Waals surface area contributed by atoms with Crippen molar-refractivity contribution in [2.75, 3.05) is 19.0 Å². The minimum Gasteiger partial charge on any atom is -0.374 e. The normalized spacial score (nSPS) is 9.82. The lowest BCUT2D eigenvalue weighted by Gasteiger charge is -2.11.